The topological polar surface area (TPSA) is 23.1 Å². The van der Waals surface area contributed by atoms with Gasteiger partial charge in [-0.2, -0.15) is 0 Å². The van der Waals surface area contributed by atoms with Crippen LogP contribution >= 0.6 is 11.8 Å². The normalized spacial score (nSPS) is 30.7. The highest BCUT2D eigenvalue weighted by molar-refractivity contribution is 8.05. The Balaban J connectivity index is 2.36. The van der Waals surface area contributed by atoms with Crippen LogP contribution in [0, 0.1) is 0 Å². The Labute approximate surface area is 50.4 Å². The van der Waals surface area contributed by atoms with Gasteiger partial charge < -0.3 is 4.55 Å². The van der Waals surface area contributed by atoms with E-state index in [0.29, 0.717) is 0 Å². The summed E-state index contributed by atoms with van der Waals surface area (Å²) in [7, 11) is 0. The molecule has 1 unspecified atom stereocenters. The van der Waals surface area contributed by atoms with E-state index < -0.39 is 11.2 Å². The van der Waals surface area contributed by atoms with E-state index in [2.05, 4.69) is 0 Å². The maximum Gasteiger partial charge on any atom is 0.123 e. The summed E-state index contributed by atoms with van der Waals surface area (Å²) in [5, 5.41) is 3.65. The first-order valence-electron chi connectivity index (χ1n) is 2.05. The van der Waals surface area contributed by atoms with Crippen LogP contribution in [0.5, 0.6) is 0 Å². The van der Waals surface area contributed by atoms with Gasteiger partial charge in [0.1, 0.15) is 11.2 Å². The molecule has 0 amide bonds. The summed E-state index contributed by atoms with van der Waals surface area (Å²) in [5.41, 5.74) is 0. The lowest BCUT2D eigenvalue weighted by Crippen LogP contribution is -2.06. The molecule has 1 rings (SSSR count). The molecule has 1 aliphatic heterocycles. The van der Waals surface area contributed by atoms with Gasteiger partial charge in [0.15, 0.2) is 0 Å². The standard InChI is InChI=1S/C4H6OS2/c5-7-3-1-6-2-4-7/h1,3H,2,4H2. The summed E-state index contributed by atoms with van der Waals surface area (Å²) in [6.07, 6.45) is 0. The monoisotopic (exact) mass is 134 g/mol. The van der Waals surface area contributed by atoms with Crippen LogP contribution in [0.2, 0.25) is 0 Å². The molecule has 0 aromatic heterocycles. The maximum absolute atomic E-state index is 10.5. The molecule has 0 spiro atoms. The second kappa shape index (κ2) is 2.64. The molecule has 40 valence electrons. The van der Waals surface area contributed by atoms with Crippen LogP contribution in [0.1, 0.15) is 0 Å². The van der Waals surface area contributed by atoms with E-state index in [1.54, 1.807) is 17.2 Å². The Bertz CT molecular complexity index is 81.8. The zero-order valence-corrected chi connectivity index (χ0v) is 5.43. The minimum atomic E-state index is -0.642. The largest absolute Gasteiger partial charge is 0.612 e. The number of hydrogen-bond donors (Lipinski definition) is 0. The van der Waals surface area contributed by atoms with Crippen molar-refractivity contribution >= 4 is 22.9 Å². The zero-order chi connectivity index (χ0) is 5.11. The van der Waals surface area contributed by atoms with E-state index in [1.165, 1.54) is 0 Å². The van der Waals surface area contributed by atoms with Crippen molar-refractivity contribution in [1.29, 1.82) is 0 Å². The quantitative estimate of drug-likeness (QED) is 0.460. The van der Waals surface area contributed by atoms with E-state index in [1.807, 2.05) is 5.41 Å². The van der Waals surface area contributed by atoms with Gasteiger partial charge in [0, 0.05) is 11.2 Å². The van der Waals surface area contributed by atoms with Crippen molar-refractivity contribution in [3.8, 4) is 0 Å². The van der Waals surface area contributed by atoms with Gasteiger partial charge >= 0.3 is 0 Å². The minimum Gasteiger partial charge on any atom is -0.612 e. The van der Waals surface area contributed by atoms with Gasteiger partial charge in [-0.1, -0.05) is 0 Å². The summed E-state index contributed by atoms with van der Waals surface area (Å²) >= 11 is 1.08. The molecule has 0 aromatic rings. The van der Waals surface area contributed by atoms with Crippen molar-refractivity contribution in [1.82, 2.24) is 0 Å². The molecule has 0 radical (unpaired) electrons. The first kappa shape index (κ1) is 5.54. The summed E-state index contributed by atoms with van der Waals surface area (Å²) in [5.74, 6) is 1.85. The van der Waals surface area contributed by atoms with Crippen LogP contribution in [0.3, 0.4) is 0 Å². The van der Waals surface area contributed by atoms with Crippen molar-refractivity contribution in [2.75, 3.05) is 11.5 Å². The Morgan fingerprint density at radius 1 is 1.71 bits per heavy atom. The van der Waals surface area contributed by atoms with E-state index in [9.17, 15) is 4.55 Å². The molecule has 1 nitrogen and oxygen atoms in total. The van der Waals surface area contributed by atoms with Gasteiger partial charge in [-0.15, -0.1) is 11.8 Å². The third-order valence-corrected chi connectivity index (χ3v) is 2.95. The van der Waals surface area contributed by atoms with Crippen molar-refractivity contribution < 1.29 is 4.55 Å². The van der Waals surface area contributed by atoms with Crippen LogP contribution in [0.15, 0.2) is 10.8 Å². The minimum absolute atomic E-state index is 0.642. The molecule has 0 bridgehead atoms. The first-order chi connectivity index (χ1) is 3.39. The molecule has 0 fully saturated rings. The Hall–Kier alpha value is 0.400. The van der Waals surface area contributed by atoms with Gasteiger partial charge in [0.25, 0.3) is 0 Å². The lowest BCUT2D eigenvalue weighted by Gasteiger charge is -2.06. The molecule has 3 heteroatoms. The van der Waals surface area contributed by atoms with Crippen molar-refractivity contribution in [3.63, 3.8) is 0 Å². The third kappa shape index (κ3) is 1.76. The molecule has 0 aliphatic carbocycles. The summed E-state index contributed by atoms with van der Waals surface area (Å²) < 4.78 is 10.5. The summed E-state index contributed by atoms with van der Waals surface area (Å²) in [6, 6.07) is 0. The molecule has 1 heterocycles. The van der Waals surface area contributed by atoms with Crippen molar-refractivity contribution in [2.45, 2.75) is 0 Å². The molecule has 0 aromatic carbocycles. The zero-order valence-electron chi connectivity index (χ0n) is 3.79. The van der Waals surface area contributed by atoms with Crippen LogP contribution in [0.4, 0.5) is 0 Å². The highest BCUT2D eigenvalue weighted by atomic mass is 32.2. The molecular weight excluding hydrogens is 128 g/mol. The molecule has 0 N–H and O–H groups in total. The SMILES string of the molecule is [O-][S+]1C=CSCC1. The molecule has 1 atom stereocenters. The van der Waals surface area contributed by atoms with Crippen LogP contribution in [-0.4, -0.2) is 16.1 Å². The van der Waals surface area contributed by atoms with Gasteiger partial charge in [-0.3, -0.25) is 0 Å². The summed E-state index contributed by atoms with van der Waals surface area (Å²) in [4.78, 5) is 0. The fourth-order valence-electron chi connectivity index (χ4n) is 0.368. The van der Waals surface area contributed by atoms with Gasteiger partial charge in [-0.05, 0) is 11.2 Å². The van der Waals surface area contributed by atoms with E-state index in [-0.39, 0.29) is 0 Å². The average Bonchev–Trinajstić information content (AvgIpc) is 1.69. The van der Waals surface area contributed by atoms with Crippen molar-refractivity contribution in [2.24, 2.45) is 0 Å². The highest BCUT2D eigenvalue weighted by Crippen LogP contribution is 2.11. The average molecular weight is 134 g/mol. The summed E-state index contributed by atoms with van der Waals surface area (Å²) in [6.45, 7) is 0. The van der Waals surface area contributed by atoms with Crippen LogP contribution in [0.25, 0.3) is 0 Å². The number of thioether (sulfide) groups is 1. The third-order valence-electron chi connectivity index (χ3n) is 0.706. The van der Waals surface area contributed by atoms with Gasteiger partial charge in [0.2, 0.25) is 0 Å². The Morgan fingerprint density at radius 2 is 2.57 bits per heavy atom. The van der Waals surface area contributed by atoms with Crippen LogP contribution in [-0.2, 0) is 11.2 Å². The second-order valence-corrected chi connectivity index (χ2v) is 3.68. The molecule has 0 saturated carbocycles. The number of rotatable bonds is 0. The molecule has 0 saturated heterocycles. The lowest BCUT2D eigenvalue weighted by molar-refractivity contribution is 0.605. The fourth-order valence-corrected chi connectivity index (χ4v) is 2.49. The van der Waals surface area contributed by atoms with Gasteiger partial charge in [0.05, 0.1) is 0 Å². The number of hydrogen-bond acceptors (Lipinski definition) is 2. The fraction of sp³-hybridized carbons (Fsp3) is 0.500. The Kier molecular flexibility index (Phi) is 2.09. The van der Waals surface area contributed by atoms with E-state index in [0.717, 1.165) is 11.5 Å². The maximum atomic E-state index is 10.5. The second-order valence-electron chi connectivity index (χ2n) is 1.23. The molecule has 1 aliphatic rings. The van der Waals surface area contributed by atoms with E-state index >= 15 is 0 Å². The molecular formula is C4H6OS2. The molecule has 7 heavy (non-hydrogen) atoms. The smallest absolute Gasteiger partial charge is 0.123 e. The van der Waals surface area contributed by atoms with E-state index in [4.69, 9.17) is 0 Å². The lowest BCUT2D eigenvalue weighted by atomic mass is 11.0. The van der Waals surface area contributed by atoms with Crippen molar-refractivity contribution in [3.05, 3.63) is 10.8 Å². The predicted molar refractivity (Wildman–Crippen MR) is 34.6 cm³/mol. The van der Waals surface area contributed by atoms with Gasteiger partial charge in [-0.25, -0.2) is 0 Å². The Morgan fingerprint density at radius 3 is 2.86 bits per heavy atom. The highest BCUT2D eigenvalue weighted by Gasteiger charge is 2.03. The van der Waals surface area contributed by atoms with Crippen LogP contribution < -0.4 is 0 Å². The predicted octanol–water partition coefficient (Wildman–Crippen LogP) is 0.953. The first-order valence-corrected chi connectivity index (χ1v) is 4.48.